The fraction of sp³-hybridized carbons (Fsp3) is 0.300. The molecule has 1 aromatic heterocycles. The molecule has 1 amide bonds. The number of halogens is 1. The lowest BCUT2D eigenvalue weighted by Gasteiger charge is -2.29. The van der Waals surface area contributed by atoms with E-state index in [4.69, 9.17) is 9.47 Å². The van der Waals surface area contributed by atoms with Crippen LogP contribution in [0.2, 0.25) is 0 Å². The Hall–Kier alpha value is -4.28. The van der Waals surface area contributed by atoms with Crippen LogP contribution in [0.1, 0.15) is 23.2 Å². The summed E-state index contributed by atoms with van der Waals surface area (Å²) in [6, 6.07) is 17.7. The van der Waals surface area contributed by atoms with Gasteiger partial charge in [-0.2, -0.15) is 4.98 Å². The van der Waals surface area contributed by atoms with Crippen LogP contribution in [0.3, 0.4) is 0 Å². The predicted octanol–water partition coefficient (Wildman–Crippen LogP) is 4.81. The van der Waals surface area contributed by atoms with Crippen LogP contribution in [0.25, 0.3) is 10.8 Å². The number of hydrogen-bond donors (Lipinski definition) is 3. The van der Waals surface area contributed by atoms with Crippen LogP contribution >= 0.6 is 0 Å². The van der Waals surface area contributed by atoms with Crippen LogP contribution in [0.15, 0.2) is 66.9 Å². The molecule has 0 atom stereocenters. The van der Waals surface area contributed by atoms with Gasteiger partial charge < -0.3 is 30.3 Å². The summed E-state index contributed by atoms with van der Waals surface area (Å²) in [7, 11) is 0. The third-order valence-corrected chi connectivity index (χ3v) is 7.17. The molecule has 0 saturated carbocycles. The van der Waals surface area contributed by atoms with Gasteiger partial charge in [-0.15, -0.1) is 0 Å². The Morgan fingerprint density at radius 2 is 1.82 bits per heavy atom. The summed E-state index contributed by atoms with van der Waals surface area (Å²) in [5, 5.41) is 11.3. The highest BCUT2D eigenvalue weighted by molar-refractivity contribution is 6.10. The second kappa shape index (κ2) is 11.8. The van der Waals surface area contributed by atoms with Crippen molar-refractivity contribution in [2.45, 2.75) is 18.9 Å². The van der Waals surface area contributed by atoms with E-state index >= 15 is 0 Å². The summed E-state index contributed by atoms with van der Waals surface area (Å²) in [6.07, 6.45) is 3.69. The standard InChI is InChI=1S/C30H31FN6O3/c31-21-17-20(18-23(19-21)37-13-15-39-16-14-37)29(38)35-26-5-6-27(25-4-2-1-3-24(25)26)40-28-9-12-33-30(36-28)34-22-7-10-32-11-8-22/h1-6,9,12,17-19,22,32H,7-8,10-11,13-16H2,(H,35,38)(H,33,34,36). The minimum atomic E-state index is -0.457. The number of hydrogen-bond acceptors (Lipinski definition) is 8. The van der Waals surface area contributed by atoms with E-state index in [9.17, 15) is 9.18 Å². The Morgan fingerprint density at radius 3 is 2.65 bits per heavy atom. The molecule has 0 unspecified atom stereocenters. The van der Waals surface area contributed by atoms with Gasteiger partial charge in [-0.25, -0.2) is 9.37 Å². The number of nitrogens with one attached hydrogen (secondary N) is 3. The van der Waals surface area contributed by atoms with Crippen LogP contribution in [0, 0.1) is 5.82 Å². The molecule has 2 saturated heterocycles. The van der Waals surface area contributed by atoms with Gasteiger partial charge in [0.25, 0.3) is 5.91 Å². The minimum Gasteiger partial charge on any atom is -0.438 e. The number of fused-ring (bicyclic) bond motifs is 1. The molecular formula is C30H31FN6O3. The summed E-state index contributed by atoms with van der Waals surface area (Å²) in [5.74, 6) is 0.701. The summed E-state index contributed by atoms with van der Waals surface area (Å²) in [5.41, 5.74) is 1.52. The fourth-order valence-corrected chi connectivity index (χ4v) is 5.10. The van der Waals surface area contributed by atoms with E-state index in [1.54, 1.807) is 30.5 Å². The first kappa shape index (κ1) is 26.0. The van der Waals surface area contributed by atoms with E-state index in [0.717, 1.165) is 36.7 Å². The zero-order valence-electron chi connectivity index (χ0n) is 22.0. The first-order valence-electron chi connectivity index (χ1n) is 13.6. The number of piperidine rings is 1. The summed E-state index contributed by atoms with van der Waals surface area (Å²) < 4.78 is 26.1. The summed E-state index contributed by atoms with van der Waals surface area (Å²) >= 11 is 0. The average molecular weight is 543 g/mol. The van der Waals surface area contributed by atoms with Gasteiger partial charge in [-0.3, -0.25) is 4.79 Å². The number of benzene rings is 3. The van der Waals surface area contributed by atoms with Crippen molar-refractivity contribution in [3.05, 3.63) is 78.2 Å². The highest BCUT2D eigenvalue weighted by Crippen LogP contribution is 2.34. The molecule has 2 aliphatic rings. The largest absolute Gasteiger partial charge is 0.438 e. The number of carbonyl (C=O) groups is 1. The van der Waals surface area contributed by atoms with E-state index < -0.39 is 11.7 Å². The van der Waals surface area contributed by atoms with Gasteiger partial charge >= 0.3 is 0 Å². The zero-order chi connectivity index (χ0) is 27.3. The Morgan fingerprint density at radius 1 is 1.02 bits per heavy atom. The van der Waals surface area contributed by atoms with Gasteiger partial charge in [0, 0.05) is 59.1 Å². The molecule has 0 bridgehead atoms. The molecule has 4 aromatic rings. The Kier molecular flexibility index (Phi) is 7.69. The maximum Gasteiger partial charge on any atom is 0.255 e. The third-order valence-electron chi connectivity index (χ3n) is 7.17. The van der Waals surface area contributed by atoms with Crippen LogP contribution in [0.5, 0.6) is 11.6 Å². The molecule has 6 rings (SSSR count). The summed E-state index contributed by atoms with van der Waals surface area (Å²) in [4.78, 5) is 24.2. The van der Waals surface area contributed by atoms with Crippen molar-refractivity contribution in [3.63, 3.8) is 0 Å². The molecule has 206 valence electrons. The van der Waals surface area contributed by atoms with Crippen molar-refractivity contribution in [2.24, 2.45) is 0 Å². The van der Waals surface area contributed by atoms with Crippen molar-refractivity contribution in [3.8, 4) is 11.6 Å². The topological polar surface area (TPSA) is 101 Å². The number of morpholine rings is 1. The molecule has 2 aliphatic heterocycles. The van der Waals surface area contributed by atoms with E-state index in [-0.39, 0.29) is 5.56 Å². The number of amides is 1. The van der Waals surface area contributed by atoms with Crippen LogP contribution in [-0.2, 0) is 4.74 Å². The van der Waals surface area contributed by atoms with Crippen LogP contribution in [-0.4, -0.2) is 61.3 Å². The zero-order valence-corrected chi connectivity index (χ0v) is 22.0. The molecule has 40 heavy (non-hydrogen) atoms. The second-order valence-electron chi connectivity index (χ2n) is 9.90. The van der Waals surface area contributed by atoms with Crippen molar-refractivity contribution < 1.29 is 18.7 Å². The van der Waals surface area contributed by atoms with Crippen molar-refractivity contribution in [1.82, 2.24) is 15.3 Å². The quantitative estimate of drug-likeness (QED) is 0.306. The molecule has 3 heterocycles. The number of carbonyl (C=O) groups excluding carboxylic acids is 1. The number of ether oxygens (including phenoxy) is 2. The maximum atomic E-state index is 14.5. The van der Waals surface area contributed by atoms with Crippen molar-refractivity contribution in [2.75, 3.05) is 54.9 Å². The fourth-order valence-electron chi connectivity index (χ4n) is 5.10. The highest BCUT2D eigenvalue weighted by Gasteiger charge is 2.18. The maximum absolute atomic E-state index is 14.5. The van der Waals surface area contributed by atoms with Gasteiger partial charge in [0.15, 0.2) is 0 Å². The molecule has 2 fully saturated rings. The summed E-state index contributed by atoms with van der Waals surface area (Å²) in [6.45, 7) is 4.39. The lowest BCUT2D eigenvalue weighted by Crippen LogP contribution is -2.36. The van der Waals surface area contributed by atoms with Gasteiger partial charge in [0.1, 0.15) is 11.6 Å². The normalized spacial score (nSPS) is 16.1. The van der Waals surface area contributed by atoms with Crippen molar-refractivity contribution >= 4 is 34.0 Å². The number of aromatic nitrogens is 2. The van der Waals surface area contributed by atoms with Gasteiger partial charge in [0.05, 0.1) is 13.2 Å². The van der Waals surface area contributed by atoms with E-state index in [1.807, 2.05) is 29.2 Å². The minimum absolute atomic E-state index is 0.251. The second-order valence-corrected chi connectivity index (χ2v) is 9.90. The predicted molar refractivity (Wildman–Crippen MR) is 153 cm³/mol. The van der Waals surface area contributed by atoms with E-state index in [0.29, 0.717) is 61.3 Å². The molecule has 3 N–H and O–H groups in total. The monoisotopic (exact) mass is 542 g/mol. The average Bonchev–Trinajstić information content (AvgIpc) is 2.99. The number of anilines is 3. The van der Waals surface area contributed by atoms with Gasteiger partial charge in [-0.05, 0) is 56.3 Å². The highest BCUT2D eigenvalue weighted by atomic mass is 19.1. The van der Waals surface area contributed by atoms with Crippen LogP contribution < -0.4 is 25.6 Å². The lowest BCUT2D eigenvalue weighted by atomic mass is 10.1. The van der Waals surface area contributed by atoms with E-state index in [2.05, 4.69) is 25.9 Å². The number of rotatable bonds is 7. The van der Waals surface area contributed by atoms with E-state index in [1.165, 1.54) is 12.1 Å². The van der Waals surface area contributed by atoms with Crippen LogP contribution in [0.4, 0.5) is 21.7 Å². The SMILES string of the molecule is O=C(Nc1ccc(Oc2ccnc(NC3CCNCC3)n2)c2ccccc12)c1cc(F)cc(N2CCOCC2)c1. The Labute approximate surface area is 231 Å². The molecule has 3 aromatic carbocycles. The molecule has 0 radical (unpaired) electrons. The Bertz CT molecular complexity index is 1500. The first-order valence-corrected chi connectivity index (χ1v) is 13.6. The smallest absolute Gasteiger partial charge is 0.255 e. The Balaban J connectivity index is 1.22. The molecule has 0 spiro atoms. The first-order chi connectivity index (χ1) is 19.6. The molecule has 0 aliphatic carbocycles. The number of nitrogens with zero attached hydrogens (tertiary/aromatic N) is 3. The molecule has 9 nitrogen and oxygen atoms in total. The lowest BCUT2D eigenvalue weighted by molar-refractivity contribution is 0.102. The van der Waals surface area contributed by atoms with Crippen molar-refractivity contribution in [1.29, 1.82) is 0 Å². The van der Waals surface area contributed by atoms with Gasteiger partial charge in [0.2, 0.25) is 11.8 Å². The molecular weight excluding hydrogens is 511 g/mol. The van der Waals surface area contributed by atoms with Gasteiger partial charge in [-0.1, -0.05) is 24.3 Å². The molecule has 10 heteroatoms. The third kappa shape index (κ3) is 5.98.